The molecule has 1 heterocycles. The molecule has 0 aliphatic carbocycles. The van der Waals surface area contributed by atoms with E-state index in [1.807, 2.05) is 12.1 Å². The molecule has 1 N–H and O–H groups in total. The van der Waals surface area contributed by atoms with Crippen molar-refractivity contribution in [1.82, 2.24) is 4.57 Å². The first-order valence-corrected chi connectivity index (χ1v) is 7.52. The van der Waals surface area contributed by atoms with E-state index < -0.39 is 6.09 Å². The first-order chi connectivity index (χ1) is 9.97. The summed E-state index contributed by atoms with van der Waals surface area (Å²) in [6.07, 6.45) is -1.07. The molecule has 0 bridgehead atoms. The summed E-state index contributed by atoms with van der Waals surface area (Å²) >= 11 is 15.4. The number of aromatic nitrogens is 1. The molecule has 0 atom stereocenters. The standard InChI is InChI=1S/C15H8BrCl2NO2/c16-9-2-1-8-5-14(19(15(20)21)13(8)6-9)11-4-3-10(17)7-12(11)18/h1-7H,(H,20,21). The lowest BCUT2D eigenvalue weighted by Crippen LogP contribution is -2.09. The number of fused-ring (bicyclic) bond motifs is 1. The highest BCUT2D eigenvalue weighted by Gasteiger charge is 2.17. The summed E-state index contributed by atoms with van der Waals surface area (Å²) in [6, 6.07) is 12.3. The van der Waals surface area contributed by atoms with Crippen LogP contribution in [0.4, 0.5) is 4.79 Å². The van der Waals surface area contributed by atoms with Crippen molar-refractivity contribution in [2.75, 3.05) is 0 Å². The van der Waals surface area contributed by atoms with Crippen molar-refractivity contribution in [1.29, 1.82) is 0 Å². The molecule has 3 rings (SSSR count). The minimum absolute atomic E-state index is 0.409. The van der Waals surface area contributed by atoms with Gasteiger partial charge < -0.3 is 5.11 Å². The quantitative estimate of drug-likeness (QED) is 0.567. The van der Waals surface area contributed by atoms with Gasteiger partial charge in [-0.3, -0.25) is 0 Å². The van der Waals surface area contributed by atoms with Gasteiger partial charge in [0.25, 0.3) is 0 Å². The molecule has 0 saturated carbocycles. The lowest BCUT2D eigenvalue weighted by Gasteiger charge is -2.07. The predicted octanol–water partition coefficient (Wildman–Crippen LogP) is 5.90. The number of nitrogens with zero attached hydrogens (tertiary/aromatic N) is 1. The number of benzene rings is 2. The molecule has 0 fully saturated rings. The van der Waals surface area contributed by atoms with E-state index in [1.165, 1.54) is 4.57 Å². The van der Waals surface area contributed by atoms with Crippen LogP contribution < -0.4 is 0 Å². The highest BCUT2D eigenvalue weighted by Crippen LogP contribution is 2.35. The molecule has 0 unspecified atom stereocenters. The van der Waals surface area contributed by atoms with Crippen LogP contribution in [0.3, 0.4) is 0 Å². The van der Waals surface area contributed by atoms with E-state index in [0.29, 0.717) is 26.8 Å². The third-order valence-electron chi connectivity index (χ3n) is 3.16. The van der Waals surface area contributed by atoms with Crippen LogP contribution in [0, 0.1) is 0 Å². The topological polar surface area (TPSA) is 42.2 Å². The van der Waals surface area contributed by atoms with Crippen LogP contribution in [-0.2, 0) is 0 Å². The van der Waals surface area contributed by atoms with Gasteiger partial charge >= 0.3 is 6.09 Å². The van der Waals surface area contributed by atoms with Crippen molar-refractivity contribution < 1.29 is 9.90 Å². The number of hydrogen-bond acceptors (Lipinski definition) is 1. The molecule has 0 radical (unpaired) electrons. The van der Waals surface area contributed by atoms with Crippen LogP contribution in [0.1, 0.15) is 0 Å². The molecule has 3 nitrogen and oxygen atoms in total. The van der Waals surface area contributed by atoms with Gasteiger partial charge in [-0.15, -0.1) is 0 Å². The third-order valence-corrected chi connectivity index (χ3v) is 4.21. The van der Waals surface area contributed by atoms with Crippen LogP contribution in [-0.4, -0.2) is 15.8 Å². The Morgan fingerprint density at radius 1 is 1.10 bits per heavy atom. The van der Waals surface area contributed by atoms with Gasteiger partial charge in [0.15, 0.2) is 0 Å². The van der Waals surface area contributed by atoms with Crippen LogP contribution in [0.25, 0.3) is 22.2 Å². The Morgan fingerprint density at radius 3 is 2.52 bits per heavy atom. The summed E-state index contributed by atoms with van der Waals surface area (Å²) in [7, 11) is 0. The van der Waals surface area contributed by atoms with Crippen molar-refractivity contribution in [3.63, 3.8) is 0 Å². The molecule has 6 heteroatoms. The number of carbonyl (C=O) groups is 1. The maximum absolute atomic E-state index is 11.6. The Balaban J connectivity index is 2.36. The number of hydrogen-bond donors (Lipinski definition) is 1. The lowest BCUT2D eigenvalue weighted by atomic mass is 10.1. The van der Waals surface area contributed by atoms with Gasteiger partial charge in [-0.05, 0) is 36.4 Å². The first kappa shape index (κ1) is 14.4. The molecule has 2 aromatic carbocycles. The molecule has 0 saturated heterocycles. The van der Waals surface area contributed by atoms with E-state index in [9.17, 15) is 9.90 Å². The normalized spacial score (nSPS) is 11.0. The maximum Gasteiger partial charge on any atom is 0.416 e. The fourth-order valence-electron chi connectivity index (χ4n) is 2.28. The van der Waals surface area contributed by atoms with E-state index in [-0.39, 0.29) is 0 Å². The molecule has 21 heavy (non-hydrogen) atoms. The highest BCUT2D eigenvalue weighted by molar-refractivity contribution is 9.10. The number of rotatable bonds is 1. The average Bonchev–Trinajstić information content (AvgIpc) is 2.76. The molecular formula is C15H8BrCl2NO2. The molecule has 0 aliphatic heterocycles. The second-order valence-electron chi connectivity index (χ2n) is 4.47. The molecule has 106 valence electrons. The van der Waals surface area contributed by atoms with Crippen molar-refractivity contribution in [2.45, 2.75) is 0 Å². The minimum Gasteiger partial charge on any atom is -0.464 e. The number of halogens is 3. The molecule has 0 amide bonds. The monoisotopic (exact) mass is 383 g/mol. The van der Waals surface area contributed by atoms with Gasteiger partial charge in [0.2, 0.25) is 0 Å². The van der Waals surface area contributed by atoms with Crippen molar-refractivity contribution in [3.8, 4) is 11.3 Å². The largest absolute Gasteiger partial charge is 0.464 e. The Labute approximate surface area is 138 Å². The first-order valence-electron chi connectivity index (χ1n) is 5.97. The van der Waals surface area contributed by atoms with Crippen LogP contribution in [0.15, 0.2) is 46.9 Å². The fourth-order valence-corrected chi connectivity index (χ4v) is 3.13. The molecule has 3 aromatic rings. The third kappa shape index (κ3) is 2.55. The van der Waals surface area contributed by atoms with Gasteiger partial charge in [-0.1, -0.05) is 45.2 Å². The Bertz CT molecular complexity index is 873. The molecule has 1 aromatic heterocycles. The van der Waals surface area contributed by atoms with Gasteiger partial charge in [0.1, 0.15) is 0 Å². The fraction of sp³-hybridized carbons (Fsp3) is 0. The summed E-state index contributed by atoms with van der Waals surface area (Å²) in [5.41, 5.74) is 1.73. The summed E-state index contributed by atoms with van der Waals surface area (Å²) in [4.78, 5) is 11.6. The summed E-state index contributed by atoms with van der Waals surface area (Å²) in [5, 5.41) is 11.3. The van der Waals surface area contributed by atoms with Crippen molar-refractivity contribution >= 4 is 56.1 Å². The van der Waals surface area contributed by atoms with E-state index >= 15 is 0 Å². The SMILES string of the molecule is O=C(O)n1c(-c2ccc(Cl)cc2Cl)cc2ccc(Br)cc21. The van der Waals surface area contributed by atoms with Crippen LogP contribution in [0.2, 0.25) is 10.0 Å². The van der Waals surface area contributed by atoms with Crippen molar-refractivity contribution in [3.05, 3.63) is 57.0 Å². The second-order valence-corrected chi connectivity index (χ2v) is 6.23. The molecule has 0 aliphatic rings. The van der Waals surface area contributed by atoms with E-state index in [1.54, 1.807) is 30.3 Å². The van der Waals surface area contributed by atoms with Crippen molar-refractivity contribution in [2.24, 2.45) is 0 Å². The second kappa shape index (κ2) is 5.37. The Morgan fingerprint density at radius 2 is 1.86 bits per heavy atom. The highest BCUT2D eigenvalue weighted by atomic mass is 79.9. The number of carboxylic acid groups (broad SMARTS) is 1. The predicted molar refractivity (Wildman–Crippen MR) is 88.5 cm³/mol. The minimum atomic E-state index is -1.07. The maximum atomic E-state index is 11.6. The average molecular weight is 385 g/mol. The van der Waals surface area contributed by atoms with Gasteiger partial charge in [0, 0.05) is 20.4 Å². The Hall–Kier alpha value is -1.49. The summed E-state index contributed by atoms with van der Waals surface area (Å²) in [6.45, 7) is 0. The summed E-state index contributed by atoms with van der Waals surface area (Å²) in [5.74, 6) is 0. The van der Waals surface area contributed by atoms with Gasteiger partial charge in [0.05, 0.1) is 16.2 Å². The van der Waals surface area contributed by atoms with Crippen LogP contribution >= 0.6 is 39.1 Å². The van der Waals surface area contributed by atoms with E-state index in [0.717, 1.165) is 9.86 Å². The Kier molecular flexibility index (Phi) is 3.69. The molecule has 0 spiro atoms. The molecular weight excluding hydrogens is 377 g/mol. The van der Waals surface area contributed by atoms with Gasteiger partial charge in [-0.2, -0.15) is 0 Å². The van der Waals surface area contributed by atoms with E-state index in [4.69, 9.17) is 23.2 Å². The smallest absolute Gasteiger partial charge is 0.416 e. The summed E-state index contributed by atoms with van der Waals surface area (Å²) < 4.78 is 2.03. The zero-order valence-corrected chi connectivity index (χ0v) is 13.6. The zero-order valence-electron chi connectivity index (χ0n) is 10.5. The lowest BCUT2D eigenvalue weighted by molar-refractivity contribution is 0.198. The van der Waals surface area contributed by atoms with E-state index in [2.05, 4.69) is 15.9 Å². The zero-order chi connectivity index (χ0) is 15.1. The van der Waals surface area contributed by atoms with Gasteiger partial charge in [-0.25, -0.2) is 9.36 Å². The van der Waals surface area contributed by atoms with Crippen LogP contribution in [0.5, 0.6) is 0 Å².